The zero-order valence-electron chi connectivity index (χ0n) is 11.3. The second-order valence-electron chi connectivity index (χ2n) is 5.70. The smallest absolute Gasteiger partial charge is 0.0322 e. The SMILES string of the molecule is CCc1cccc(C(CC(C)(C)C)NC)c1. The van der Waals surface area contributed by atoms with Crippen LogP contribution >= 0.6 is 0 Å². The lowest BCUT2D eigenvalue weighted by Crippen LogP contribution is -2.22. The number of hydrogen-bond donors (Lipinski definition) is 1. The normalized spacial score (nSPS) is 13.8. The molecule has 0 saturated heterocycles. The van der Waals surface area contributed by atoms with E-state index in [0.29, 0.717) is 11.5 Å². The molecule has 1 rings (SSSR count). The van der Waals surface area contributed by atoms with Crippen molar-refractivity contribution in [1.82, 2.24) is 5.32 Å². The summed E-state index contributed by atoms with van der Waals surface area (Å²) in [5, 5.41) is 3.43. The van der Waals surface area contributed by atoms with Gasteiger partial charge in [-0.25, -0.2) is 0 Å². The fourth-order valence-corrected chi connectivity index (χ4v) is 2.03. The quantitative estimate of drug-likeness (QED) is 0.808. The number of nitrogens with one attached hydrogen (secondary N) is 1. The third kappa shape index (κ3) is 3.97. The largest absolute Gasteiger partial charge is 0.313 e. The Balaban J connectivity index is 2.86. The van der Waals surface area contributed by atoms with E-state index in [9.17, 15) is 0 Å². The summed E-state index contributed by atoms with van der Waals surface area (Å²) in [6.45, 7) is 9.08. The molecule has 0 bridgehead atoms. The lowest BCUT2D eigenvalue weighted by Gasteiger charge is -2.26. The Bertz CT molecular complexity index is 322. The molecule has 1 atom stereocenters. The lowest BCUT2D eigenvalue weighted by molar-refractivity contribution is 0.320. The van der Waals surface area contributed by atoms with E-state index in [1.54, 1.807) is 0 Å². The molecule has 0 aliphatic rings. The van der Waals surface area contributed by atoms with Gasteiger partial charge >= 0.3 is 0 Å². The molecule has 16 heavy (non-hydrogen) atoms. The number of hydrogen-bond acceptors (Lipinski definition) is 1. The number of rotatable bonds is 4. The first-order valence-corrected chi connectivity index (χ1v) is 6.22. The van der Waals surface area contributed by atoms with Gasteiger partial charge in [0.05, 0.1) is 0 Å². The van der Waals surface area contributed by atoms with Gasteiger partial charge in [-0.05, 0) is 36.4 Å². The van der Waals surface area contributed by atoms with Crippen molar-refractivity contribution in [2.75, 3.05) is 7.05 Å². The van der Waals surface area contributed by atoms with Crippen molar-refractivity contribution < 1.29 is 0 Å². The van der Waals surface area contributed by atoms with Crippen LogP contribution in [-0.2, 0) is 6.42 Å². The average Bonchev–Trinajstić information content (AvgIpc) is 2.25. The first kappa shape index (κ1) is 13.2. The van der Waals surface area contributed by atoms with Gasteiger partial charge in [0.25, 0.3) is 0 Å². The highest BCUT2D eigenvalue weighted by molar-refractivity contribution is 5.26. The molecule has 0 radical (unpaired) electrons. The molecule has 1 N–H and O–H groups in total. The summed E-state index contributed by atoms with van der Waals surface area (Å²) < 4.78 is 0. The summed E-state index contributed by atoms with van der Waals surface area (Å²) in [5.41, 5.74) is 3.19. The second kappa shape index (κ2) is 5.49. The van der Waals surface area contributed by atoms with Gasteiger partial charge in [-0.2, -0.15) is 0 Å². The van der Waals surface area contributed by atoms with E-state index in [-0.39, 0.29) is 0 Å². The van der Waals surface area contributed by atoms with E-state index in [0.717, 1.165) is 12.8 Å². The van der Waals surface area contributed by atoms with E-state index < -0.39 is 0 Å². The first-order chi connectivity index (χ1) is 7.46. The van der Waals surface area contributed by atoms with Gasteiger partial charge in [0, 0.05) is 6.04 Å². The summed E-state index contributed by atoms with van der Waals surface area (Å²) in [6, 6.07) is 9.39. The molecule has 1 nitrogen and oxygen atoms in total. The Kier molecular flexibility index (Phi) is 4.55. The molecule has 0 fully saturated rings. The zero-order chi connectivity index (χ0) is 12.2. The Labute approximate surface area is 100 Å². The maximum Gasteiger partial charge on any atom is 0.0322 e. The highest BCUT2D eigenvalue weighted by Gasteiger charge is 2.18. The minimum atomic E-state index is 0.357. The molecule has 0 aliphatic heterocycles. The molecule has 1 aromatic rings. The molecule has 1 heteroatoms. The van der Waals surface area contributed by atoms with Crippen molar-refractivity contribution in [3.8, 4) is 0 Å². The molecule has 0 spiro atoms. The van der Waals surface area contributed by atoms with Gasteiger partial charge in [0.1, 0.15) is 0 Å². The summed E-state index contributed by atoms with van der Waals surface area (Å²) in [7, 11) is 2.05. The van der Waals surface area contributed by atoms with E-state index in [4.69, 9.17) is 0 Å². The van der Waals surface area contributed by atoms with E-state index in [1.807, 2.05) is 0 Å². The van der Waals surface area contributed by atoms with Crippen LogP contribution in [0.2, 0.25) is 0 Å². The maximum absolute atomic E-state index is 3.43. The second-order valence-corrected chi connectivity index (χ2v) is 5.70. The monoisotopic (exact) mass is 219 g/mol. The van der Waals surface area contributed by atoms with Crippen LogP contribution in [0.25, 0.3) is 0 Å². The fourth-order valence-electron chi connectivity index (χ4n) is 2.03. The molecule has 1 aromatic carbocycles. The summed E-state index contributed by atoms with van der Waals surface area (Å²) in [5.74, 6) is 0. The van der Waals surface area contributed by atoms with Gasteiger partial charge in [0.2, 0.25) is 0 Å². The van der Waals surface area contributed by atoms with Crippen LogP contribution in [0.4, 0.5) is 0 Å². The molecule has 0 heterocycles. The van der Waals surface area contributed by atoms with Crippen LogP contribution in [0.3, 0.4) is 0 Å². The molecule has 90 valence electrons. The van der Waals surface area contributed by atoms with E-state index >= 15 is 0 Å². The highest BCUT2D eigenvalue weighted by Crippen LogP contribution is 2.29. The van der Waals surface area contributed by atoms with Crippen LogP contribution in [0.1, 0.15) is 51.3 Å². The predicted molar refractivity (Wildman–Crippen MR) is 71.7 cm³/mol. The minimum absolute atomic E-state index is 0.357. The Morgan fingerprint density at radius 1 is 1.25 bits per heavy atom. The van der Waals surface area contributed by atoms with Gasteiger partial charge in [-0.3, -0.25) is 0 Å². The fraction of sp³-hybridized carbons (Fsp3) is 0.600. The van der Waals surface area contributed by atoms with Crippen molar-refractivity contribution in [3.05, 3.63) is 35.4 Å². The molecule has 0 aliphatic carbocycles. The standard InChI is InChI=1S/C15H25N/c1-6-12-8-7-9-13(10-12)14(16-5)11-15(2,3)4/h7-10,14,16H,6,11H2,1-5H3. The van der Waals surface area contributed by atoms with Crippen LogP contribution in [0.5, 0.6) is 0 Å². The third-order valence-electron chi connectivity index (χ3n) is 2.93. The highest BCUT2D eigenvalue weighted by atomic mass is 14.9. The average molecular weight is 219 g/mol. The van der Waals surface area contributed by atoms with Crippen molar-refractivity contribution in [2.24, 2.45) is 5.41 Å². The summed E-state index contributed by atoms with van der Waals surface area (Å²) in [6.07, 6.45) is 2.27. The molecule has 0 saturated carbocycles. The van der Waals surface area contributed by atoms with Crippen LogP contribution in [-0.4, -0.2) is 7.05 Å². The van der Waals surface area contributed by atoms with Gasteiger partial charge in [-0.15, -0.1) is 0 Å². The number of aryl methyl sites for hydroxylation is 1. The van der Waals surface area contributed by atoms with Gasteiger partial charge in [-0.1, -0.05) is 52.0 Å². The van der Waals surface area contributed by atoms with E-state index in [1.165, 1.54) is 11.1 Å². The zero-order valence-corrected chi connectivity index (χ0v) is 11.3. The van der Waals surface area contributed by atoms with Gasteiger partial charge < -0.3 is 5.32 Å². The maximum atomic E-state index is 3.43. The first-order valence-electron chi connectivity index (χ1n) is 6.22. The van der Waals surface area contributed by atoms with Crippen LogP contribution in [0.15, 0.2) is 24.3 Å². The Morgan fingerprint density at radius 2 is 1.94 bits per heavy atom. The van der Waals surface area contributed by atoms with Crippen molar-refractivity contribution in [2.45, 2.75) is 46.6 Å². The minimum Gasteiger partial charge on any atom is -0.313 e. The van der Waals surface area contributed by atoms with Crippen LogP contribution < -0.4 is 5.32 Å². The Hall–Kier alpha value is -0.820. The Morgan fingerprint density at radius 3 is 2.44 bits per heavy atom. The summed E-state index contributed by atoms with van der Waals surface area (Å²) >= 11 is 0. The van der Waals surface area contributed by atoms with Crippen molar-refractivity contribution in [3.63, 3.8) is 0 Å². The van der Waals surface area contributed by atoms with Crippen LogP contribution in [0, 0.1) is 5.41 Å². The number of benzene rings is 1. The lowest BCUT2D eigenvalue weighted by atomic mass is 9.85. The molecule has 0 amide bonds. The van der Waals surface area contributed by atoms with Gasteiger partial charge in [0.15, 0.2) is 0 Å². The van der Waals surface area contributed by atoms with Crippen molar-refractivity contribution >= 4 is 0 Å². The van der Waals surface area contributed by atoms with Crippen molar-refractivity contribution in [1.29, 1.82) is 0 Å². The summed E-state index contributed by atoms with van der Waals surface area (Å²) in [4.78, 5) is 0. The predicted octanol–water partition coefficient (Wildman–Crippen LogP) is 3.95. The molecule has 0 aromatic heterocycles. The molecule has 1 unspecified atom stereocenters. The topological polar surface area (TPSA) is 12.0 Å². The third-order valence-corrected chi connectivity index (χ3v) is 2.93. The molecular formula is C15H25N. The molecular weight excluding hydrogens is 194 g/mol. The van der Waals surface area contributed by atoms with E-state index in [2.05, 4.69) is 64.3 Å².